The highest BCUT2D eigenvalue weighted by Crippen LogP contribution is 2.20. The number of carbonyl (C=O) groups excluding carboxylic acids is 1. The van der Waals surface area contributed by atoms with Gasteiger partial charge < -0.3 is 15.4 Å². The number of hydrogen-bond donors (Lipinski definition) is 2. The van der Waals surface area contributed by atoms with E-state index >= 15 is 0 Å². The lowest BCUT2D eigenvalue weighted by Crippen LogP contribution is -2.13. The van der Waals surface area contributed by atoms with E-state index < -0.39 is 0 Å². The average Bonchev–Trinajstić information content (AvgIpc) is 2.47. The highest BCUT2D eigenvalue weighted by molar-refractivity contribution is 6.05. The van der Waals surface area contributed by atoms with Crippen LogP contribution < -0.4 is 15.4 Å². The lowest BCUT2D eigenvalue weighted by atomic mass is 10.1. The van der Waals surface area contributed by atoms with Crippen LogP contribution in [0.1, 0.15) is 22.8 Å². The molecule has 0 aromatic heterocycles. The highest BCUT2D eigenvalue weighted by atomic mass is 16.5. The number of ether oxygens (including phenoxy) is 1. The fourth-order valence-electron chi connectivity index (χ4n) is 2.13. The minimum atomic E-state index is -0.121. The van der Waals surface area contributed by atoms with E-state index in [1.165, 1.54) is 0 Å². The van der Waals surface area contributed by atoms with Crippen molar-refractivity contribution in [3.8, 4) is 5.75 Å². The smallest absolute Gasteiger partial charge is 0.255 e. The normalized spacial score (nSPS) is 10.0. The summed E-state index contributed by atoms with van der Waals surface area (Å²) >= 11 is 0. The molecule has 0 heterocycles. The van der Waals surface area contributed by atoms with Crippen LogP contribution in [0.5, 0.6) is 5.75 Å². The predicted molar refractivity (Wildman–Crippen MR) is 86.3 cm³/mol. The Bertz CT molecular complexity index is 638. The molecular formula is C17H20N2O2. The van der Waals surface area contributed by atoms with Gasteiger partial charge >= 0.3 is 0 Å². The first-order chi connectivity index (χ1) is 10.1. The Hall–Kier alpha value is -2.49. The van der Waals surface area contributed by atoms with Gasteiger partial charge in [0.1, 0.15) is 5.75 Å². The van der Waals surface area contributed by atoms with Crippen molar-refractivity contribution in [2.24, 2.45) is 0 Å². The van der Waals surface area contributed by atoms with Gasteiger partial charge in [-0.05, 0) is 49.7 Å². The van der Waals surface area contributed by atoms with E-state index in [1.54, 1.807) is 13.2 Å². The van der Waals surface area contributed by atoms with Crippen LogP contribution in [0.3, 0.4) is 0 Å². The molecule has 2 aromatic rings. The van der Waals surface area contributed by atoms with Crippen LogP contribution >= 0.6 is 0 Å². The third kappa shape index (κ3) is 3.75. The van der Waals surface area contributed by atoms with Gasteiger partial charge in [-0.1, -0.05) is 6.07 Å². The predicted octanol–water partition coefficient (Wildman–Crippen LogP) is 3.69. The Labute approximate surface area is 125 Å². The van der Waals surface area contributed by atoms with Crippen LogP contribution in [0, 0.1) is 6.92 Å². The second-order valence-electron chi connectivity index (χ2n) is 4.75. The highest BCUT2D eigenvalue weighted by Gasteiger charge is 2.10. The van der Waals surface area contributed by atoms with Crippen molar-refractivity contribution in [1.29, 1.82) is 0 Å². The Balaban J connectivity index is 2.16. The maximum Gasteiger partial charge on any atom is 0.255 e. The molecule has 0 aliphatic heterocycles. The molecule has 0 fully saturated rings. The summed E-state index contributed by atoms with van der Waals surface area (Å²) in [4.78, 5) is 12.3. The molecule has 0 radical (unpaired) electrons. The van der Waals surface area contributed by atoms with E-state index in [2.05, 4.69) is 10.6 Å². The molecule has 2 N–H and O–H groups in total. The van der Waals surface area contributed by atoms with Gasteiger partial charge in [0, 0.05) is 29.5 Å². The molecule has 110 valence electrons. The summed E-state index contributed by atoms with van der Waals surface area (Å²) < 4.78 is 5.15. The molecule has 2 aromatic carbocycles. The number of nitrogens with one attached hydrogen (secondary N) is 2. The number of amides is 1. The van der Waals surface area contributed by atoms with Crippen molar-refractivity contribution in [3.05, 3.63) is 53.6 Å². The van der Waals surface area contributed by atoms with Crippen LogP contribution in [0.2, 0.25) is 0 Å². The fraction of sp³-hybridized carbons (Fsp3) is 0.235. The number of carbonyl (C=O) groups is 1. The Morgan fingerprint density at radius 3 is 2.62 bits per heavy atom. The molecule has 0 atom stereocenters. The molecule has 4 nitrogen and oxygen atoms in total. The Morgan fingerprint density at radius 1 is 1.14 bits per heavy atom. The largest absolute Gasteiger partial charge is 0.497 e. The molecule has 1 amide bonds. The second kappa shape index (κ2) is 6.79. The summed E-state index contributed by atoms with van der Waals surface area (Å²) in [5.41, 5.74) is 3.34. The van der Waals surface area contributed by atoms with Crippen LogP contribution in [-0.2, 0) is 0 Å². The molecule has 0 saturated heterocycles. The standard InChI is InChI=1S/C17H20N2O2/c1-4-18-13-8-9-16(12(2)10-13)17(20)19-14-6-5-7-15(11-14)21-3/h5-11,18H,4H2,1-3H3,(H,19,20). The van der Waals surface area contributed by atoms with E-state index in [1.807, 2.05) is 50.2 Å². The zero-order valence-electron chi connectivity index (χ0n) is 12.6. The zero-order chi connectivity index (χ0) is 15.2. The summed E-state index contributed by atoms with van der Waals surface area (Å²) in [6.45, 7) is 4.83. The molecule has 0 aliphatic carbocycles. The van der Waals surface area contributed by atoms with Gasteiger partial charge in [0.2, 0.25) is 0 Å². The summed E-state index contributed by atoms with van der Waals surface area (Å²) in [7, 11) is 1.60. The molecule has 0 unspecified atom stereocenters. The van der Waals surface area contributed by atoms with Gasteiger partial charge in [-0.25, -0.2) is 0 Å². The number of aryl methyl sites for hydroxylation is 1. The molecule has 2 rings (SSSR count). The molecule has 0 bridgehead atoms. The van der Waals surface area contributed by atoms with Crippen molar-refractivity contribution in [2.75, 3.05) is 24.3 Å². The number of hydrogen-bond acceptors (Lipinski definition) is 3. The number of methoxy groups -OCH3 is 1. The quantitative estimate of drug-likeness (QED) is 0.880. The fourth-order valence-corrected chi connectivity index (χ4v) is 2.13. The summed E-state index contributed by atoms with van der Waals surface area (Å²) in [5.74, 6) is 0.593. The third-order valence-corrected chi connectivity index (χ3v) is 3.18. The van der Waals surface area contributed by atoms with E-state index in [0.29, 0.717) is 11.3 Å². The summed E-state index contributed by atoms with van der Waals surface area (Å²) in [6.07, 6.45) is 0. The van der Waals surface area contributed by atoms with Gasteiger partial charge in [0.25, 0.3) is 5.91 Å². The third-order valence-electron chi connectivity index (χ3n) is 3.18. The maximum atomic E-state index is 12.3. The molecule has 4 heteroatoms. The SMILES string of the molecule is CCNc1ccc(C(=O)Nc2cccc(OC)c2)c(C)c1. The van der Waals surface area contributed by atoms with Crippen LogP contribution in [0.4, 0.5) is 11.4 Å². The van der Waals surface area contributed by atoms with Gasteiger partial charge in [0.05, 0.1) is 7.11 Å². The van der Waals surface area contributed by atoms with Crippen molar-refractivity contribution in [3.63, 3.8) is 0 Å². The monoisotopic (exact) mass is 284 g/mol. The van der Waals surface area contributed by atoms with Crippen molar-refractivity contribution in [1.82, 2.24) is 0 Å². The summed E-state index contributed by atoms with van der Waals surface area (Å²) in [6, 6.07) is 13.0. The topological polar surface area (TPSA) is 50.4 Å². The van der Waals surface area contributed by atoms with Gasteiger partial charge in [-0.2, -0.15) is 0 Å². The number of benzene rings is 2. The molecule has 0 spiro atoms. The molecule has 21 heavy (non-hydrogen) atoms. The van der Waals surface area contributed by atoms with E-state index in [9.17, 15) is 4.79 Å². The van der Waals surface area contributed by atoms with E-state index in [4.69, 9.17) is 4.74 Å². The van der Waals surface area contributed by atoms with Crippen molar-refractivity contribution in [2.45, 2.75) is 13.8 Å². The Morgan fingerprint density at radius 2 is 1.95 bits per heavy atom. The minimum Gasteiger partial charge on any atom is -0.497 e. The van der Waals surface area contributed by atoms with Crippen molar-refractivity contribution >= 4 is 17.3 Å². The van der Waals surface area contributed by atoms with Crippen LogP contribution in [0.25, 0.3) is 0 Å². The first kappa shape index (κ1) is 14.9. The molecular weight excluding hydrogens is 264 g/mol. The van der Waals surface area contributed by atoms with Gasteiger partial charge in [-0.15, -0.1) is 0 Å². The molecule has 0 saturated carbocycles. The first-order valence-electron chi connectivity index (χ1n) is 6.94. The Kier molecular flexibility index (Phi) is 4.82. The van der Waals surface area contributed by atoms with Gasteiger partial charge in [-0.3, -0.25) is 4.79 Å². The lowest BCUT2D eigenvalue weighted by molar-refractivity contribution is 0.102. The van der Waals surface area contributed by atoms with E-state index in [-0.39, 0.29) is 5.91 Å². The maximum absolute atomic E-state index is 12.3. The zero-order valence-corrected chi connectivity index (χ0v) is 12.6. The van der Waals surface area contributed by atoms with Gasteiger partial charge in [0.15, 0.2) is 0 Å². The average molecular weight is 284 g/mol. The number of anilines is 2. The molecule has 0 aliphatic rings. The second-order valence-corrected chi connectivity index (χ2v) is 4.75. The summed E-state index contributed by atoms with van der Waals surface area (Å²) in [5, 5.41) is 6.12. The van der Waals surface area contributed by atoms with Crippen LogP contribution in [-0.4, -0.2) is 19.6 Å². The first-order valence-corrected chi connectivity index (χ1v) is 6.94. The lowest BCUT2D eigenvalue weighted by Gasteiger charge is -2.11. The minimum absolute atomic E-state index is 0.121. The van der Waals surface area contributed by atoms with Crippen LogP contribution in [0.15, 0.2) is 42.5 Å². The van der Waals surface area contributed by atoms with Crippen molar-refractivity contribution < 1.29 is 9.53 Å². The number of rotatable bonds is 5. The van der Waals surface area contributed by atoms with E-state index in [0.717, 1.165) is 23.5 Å².